The van der Waals surface area contributed by atoms with E-state index in [9.17, 15) is 4.79 Å². The topological polar surface area (TPSA) is 61.4 Å². The number of carbonyl (C=O) groups is 1. The highest BCUT2D eigenvalue weighted by atomic mass is 32.1. The Morgan fingerprint density at radius 2 is 2.18 bits per heavy atom. The van der Waals surface area contributed by atoms with Crippen LogP contribution in [0.2, 0.25) is 0 Å². The zero-order valence-corrected chi connectivity index (χ0v) is 11.1. The molecule has 0 radical (unpaired) electrons. The van der Waals surface area contributed by atoms with Crippen LogP contribution in [0.1, 0.15) is 30.0 Å². The Bertz CT molecular complexity index is 352. The molecular weight excluding hydrogens is 236 g/mol. The summed E-state index contributed by atoms with van der Waals surface area (Å²) in [5, 5.41) is 14.3. The van der Waals surface area contributed by atoms with Crippen molar-refractivity contribution in [2.45, 2.75) is 39.3 Å². The Morgan fingerprint density at radius 3 is 2.76 bits per heavy atom. The van der Waals surface area contributed by atoms with Crippen LogP contribution >= 0.6 is 11.3 Å². The Hall–Kier alpha value is -1.07. The number of urea groups is 1. The molecule has 5 heteroatoms. The van der Waals surface area contributed by atoms with Crippen LogP contribution in [0.15, 0.2) is 12.1 Å². The molecule has 0 aromatic carbocycles. The van der Waals surface area contributed by atoms with Gasteiger partial charge in [-0.1, -0.05) is 6.92 Å². The van der Waals surface area contributed by atoms with Gasteiger partial charge in [0.25, 0.3) is 0 Å². The predicted molar refractivity (Wildman–Crippen MR) is 70.2 cm³/mol. The number of hydrogen-bond donors (Lipinski definition) is 3. The second kappa shape index (κ2) is 7.29. The van der Waals surface area contributed by atoms with E-state index in [0.29, 0.717) is 13.0 Å². The average molecular weight is 256 g/mol. The summed E-state index contributed by atoms with van der Waals surface area (Å²) >= 11 is 1.72. The lowest BCUT2D eigenvalue weighted by molar-refractivity contribution is 0.231. The molecule has 0 spiro atoms. The lowest BCUT2D eigenvalue weighted by Crippen LogP contribution is -2.40. The van der Waals surface area contributed by atoms with E-state index in [1.165, 1.54) is 4.88 Å². The van der Waals surface area contributed by atoms with Crippen LogP contribution in [0, 0.1) is 0 Å². The molecule has 0 aliphatic carbocycles. The van der Waals surface area contributed by atoms with E-state index in [2.05, 4.69) is 23.6 Å². The van der Waals surface area contributed by atoms with Gasteiger partial charge in [-0.2, -0.15) is 0 Å². The maximum Gasteiger partial charge on any atom is 0.315 e. The van der Waals surface area contributed by atoms with Gasteiger partial charge in [0.05, 0.1) is 6.54 Å². The van der Waals surface area contributed by atoms with Crippen molar-refractivity contribution in [1.82, 2.24) is 10.6 Å². The minimum atomic E-state index is -0.183. The molecule has 1 aromatic rings. The summed E-state index contributed by atoms with van der Waals surface area (Å²) in [6.45, 7) is 4.64. The van der Waals surface area contributed by atoms with Gasteiger partial charge in [0.1, 0.15) is 0 Å². The van der Waals surface area contributed by atoms with Crippen molar-refractivity contribution in [3.8, 4) is 0 Å². The van der Waals surface area contributed by atoms with Crippen molar-refractivity contribution in [3.63, 3.8) is 0 Å². The van der Waals surface area contributed by atoms with Crippen molar-refractivity contribution in [3.05, 3.63) is 21.9 Å². The van der Waals surface area contributed by atoms with E-state index < -0.39 is 0 Å². The van der Waals surface area contributed by atoms with E-state index in [1.807, 2.05) is 13.0 Å². The first-order valence-electron chi connectivity index (χ1n) is 5.88. The maximum atomic E-state index is 11.5. The number of nitrogens with one attached hydrogen (secondary N) is 2. The summed E-state index contributed by atoms with van der Waals surface area (Å²) in [5.41, 5.74) is 0. The monoisotopic (exact) mass is 256 g/mol. The van der Waals surface area contributed by atoms with Crippen molar-refractivity contribution in [2.24, 2.45) is 0 Å². The summed E-state index contributed by atoms with van der Waals surface area (Å²) in [5.74, 6) is 0. The maximum absolute atomic E-state index is 11.5. The standard InChI is InChI=1S/C12H20N2O2S/c1-3-10-4-5-11(17-10)8-13-12(16)14-9(2)6-7-15/h4-5,9,15H,3,6-8H2,1-2H3,(H2,13,14,16)/t9-/m1/s1. The minimum Gasteiger partial charge on any atom is -0.396 e. The van der Waals surface area contributed by atoms with Crippen LogP contribution in [0.3, 0.4) is 0 Å². The number of thiophene rings is 1. The van der Waals surface area contributed by atoms with Crippen molar-refractivity contribution >= 4 is 17.4 Å². The SMILES string of the molecule is CCc1ccc(CNC(=O)N[C@H](C)CCO)s1. The first kappa shape index (κ1) is 14.0. The number of aliphatic hydroxyl groups is 1. The van der Waals surface area contributed by atoms with Gasteiger partial charge in [0, 0.05) is 22.4 Å². The van der Waals surface area contributed by atoms with Crippen molar-refractivity contribution < 1.29 is 9.90 Å². The summed E-state index contributed by atoms with van der Waals surface area (Å²) in [6.07, 6.45) is 1.61. The van der Waals surface area contributed by atoms with E-state index in [1.54, 1.807) is 11.3 Å². The lowest BCUT2D eigenvalue weighted by Gasteiger charge is -2.12. The van der Waals surface area contributed by atoms with Crippen LogP contribution in [0.4, 0.5) is 4.79 Å². The van der Waals surface area contributed by atoms with Crippen LogP contribution in [0.25, 0.3) is 0 Å². The molecule has 0 aliphatic heterocycles. The van der Waals surface area contributed by atoms with Gasteiger partial charge in [0.15, 0.2) is 0 Å². The molecule has 0 fully saturated rings. The van der Waals surface area contributed by atoms with Crippen molar-refractivity contribution in [1.29, 1.82) is 0 Å². The molecule has 2 amide bonds. The van der Waals surface area contributed by atoms with E-state index in [4.69, 9.17) is 5.11 Å². The van der Waals surface area contributed by atoms with Gasteiger partial charge < -0.3 is 15.7 Å². The molecule has 0 bridgehead atoms. The molecule has 96 valence electrons. The van der Waals surface area contributed by atoms with Gasteiger partial charge in [-0.25, -0.2) is 4.79 Å². The second-order valence-corrected chi connectivity index (χ2v) is 5.21. The van der Waals surface area contributed by atoms with E-state index in [-0.39, 0.29) is 18.7 Å². The van der Waals surface area contributed by atoms with Gasteiger partial charge in [0.2, 0.25) is 0 Å². The number of aryl methyl sites for hydroxylation is 1. The fourth-order valence-electron chi connectivity index (χ4n) is 1.42. The first-order valence-corrected chi connectivity index (χ1v) is 6.70. The van der Waals surface area contributed by atoms with Gasteiger partial charge in [-0.3, -0.25) is 0 Å². The summed E-state index contributed by atoms with van der Waals surface area (Å²) in [4.78, 5) is 14.0. The molecule has 1 heterocycles. The van der Waals surface area contributed by atoms with Crippen molar-refractivity contribution in [2.75, 3.05) is 6.61 Å². The molecule has 0 saturated carbocycles. The number of amides is 2. The van der Waals surface area contributed by atoms with Gasteiger partial charge in [-0.05, 0) is 31.9 Å². The number of aliphatic hydroxyl groups excluding tert-OH is 1. The summed E-state index contributed by atoms with van der Waals surface area (Å²) < 4.78 is 0. The van der Waals surface area contributed by atoms with Gasteiger partial charge >= 0.3 is 6.03 Å². The number of carbonyl (C=O) groups excluding carboxylic acids is 1. The fourth-order valence-corrected chi connectivity index (χ4v) is 2.31. The highest BCUT2D eigenvalue weighted by Gasteiger charge is 2.06. The van der Waals surface area contributed by atoms with Crippen LogP contribution in [0.5, 0.6) is 0 Å². The molecular formula is C12H20N2O2S. The highest BCUT2D eigenvalue weighted by molar-refractivity contribution is 7.11. The summed E-state index contributed by atoms with van der Waals surface area (Å²) in [7, 11) is 0. The minimum absolute atomic E-state index is 0.00506. The predicted octanol–water partition coefficient (Wildman–Crippen LogP) is 1.88. The van der Waals surface area contributed by atoms with Gasteiger partial charge in [-0.15, -0.1) is 11.3 Å². The zero-order chi connectivity index (χ0) is 12.7. The second-order valence-electron chi connectivity index (χ2n) is 3.96. The first-order chi connectivity index (χ1) is 8.15. The smallest absolute Gasteiger partial charge is 0.315 e. The Morgan fingerprint density at radius 1 is 1.47 bits per heavy atom. The Kier molecular flexibility index (Phi) is 6.00. The third kappa shape index (κ3) is 5.19. The fraction of sp³-hybridized carbons (Fsp3) is 0.583. The third-order valence-electron chi connectivity index (χ3n) is 2.43. The molecule has 4 nitrogen and oxygen atoms in total. The van der Waals surface area contributed by atoms with Crippen LogP contribution in [-0.4, -0.2) is 23.8 Å². The number of hydrogen-bond acceptors (Lipinski definition) is 3. The molecule has 1 rings (SSSR count). The Labute approximate surface area is 106 Å². The Balaban J connectivity index is 2.27. The number of rotatable bonds is 6. The lowest BCUT2D eigenvalue weighted by atomic mass is 10.2. The molecule has 0 saturated heterocycles. The summed E-state index contributed by atoms with van der Waals surface area (Å²) in [6, 6.07) is 3.95. The average Bonchev–Trinajstić information content (AvgIpc) is 2.74. The molecule has 3 N–H and O–H groups in total. The van der Waals surface area contributed by atoms with E-state index in [0.717, 1.165) is 11.3 Å². The largest absolute Gasteiger partial charge is 0.396 e. The quantitative estimate of drug-likeness (QED) is 0.728. The third-order valence-corrected chi connectivity index (χ3v) is 3.66. The van der Waals surface area contributed by atoms with Crippen LogP contribution in [-0.2, 0) is 13.0 Å². The molecule has 0 unspecified atom stereocenters. The normalized spacial score (nSPS) is 12.2. The molecule has 0 aliphatic rings. The molecule has 1 aromatic heterocycles. The highest BCUT2D eigenvalue weighted by Crippen LogP contribution is 2.16. The van der Waals surface area contributed by atoms with E-state index >= 15 is 0 Å². The molecule has 1 atom stereocenters. The molecule has 17 heavy (non-hydrogen) atoms. The van der Waals surface area contributed by atoms with Crippen LogP contribution < -0.4 is 10.6 Å². The zero-order valence-electron chi connectivity index (χ0n) is 10.3.